The molecule has 0 saturated carbocycles. The molecule has 0 aromatic heterocycles. The fraction of sp³-hybridized carbons (Fsp3) is 0.478. The van der Waals surface area contributed by atoms with E-state index >= 15 is 0 Å². The summed E-state index contributed by atoms with van der Waals surface area (Å²) >= 11 is 1.75. The summed E-state index contributed by atoms with van der Waals surface area (Å²) in [5.41, 5.74) is 16.3. The molecular weight excluding hydrogens is 406 g/mol. The molecule has 0 aliphatic carbocycles. The van der Waals surface area contributed by atoms with Crippen molar-refractivity contribution in [3.8, 4) is 0 Å². The Labute approximate surface area is 194 Å². The molecule has 2 aliphatic heterocycles. The van der Waals surface area contributed by atoms with Crippen molar-refractivity contribution in [3.63, 3.8) is 0 Å². The van der Waals surface area contributed by atoms with Crippen LogP contribution in [0.5, 0.6) is 0 Å². The van der Waals surface area contributed by atoms with Gasteiger partial charge in [0.25, 0.3) is 0 Å². The van der Waals surface area contributed by atoms with Crippen molar-refractivity contribution < 1.29 is 14.0 Å². The third-order valence-corrected chi connectivity index (χ3v) is 4.73. The van der Waals surface area contributed by atoms with Gasteiger partial charge in [0.05, 0.1) is 12.2 Å². The lowest BCUT2D eigenvalue weighted by molar-refractivity contribution is 0.235. The summed E-state index contributed by atoms with van der Waals surface area (Å²) in [5.74, 6) is 0. The molecule has 172 valence electrons. The maximum Gasteiger partial charge on any atom is 0.324 e. The van der Waals surface area contributed by atoms with E-state index in [2.05, 4.69) is 42.6 Å². The van der Waals surface area contributed by atoms with Gasteiger partial charge in [0, 0.05) is 27.3 Å². The van der Waals surface area contributed by atoms with Gasteiger partial charge in [-0.05, 0) is 34.6 Å². The van der Waals surface area contributed by atoms with Gasteiger partial charge >= 0.3 is 13.8 Å². The minimum absolute atomic E-state index is 0. The Hall–Kier alpha value is -1.28. The molecule has 8 heteroatoms. The first-order chi connectivity index (χ1) is 14.5. The lowest BCUT2D eigenvalue weighted by Gasteiger charge is -2.08. The van der Waals surface area contributed by atoms with E-state index < -0.39 is 0 Å². The van der Waals surface area contributed by atoms with Crippen molar-refractivity contribution >= 4 is 36.5 Å². The van der Waals surface area contributed by atoms with Gasteiger partial charge in [-0.3, -0.25) is 0 Å². The number of hydrogen-bond acceptors (Lipinski definition) is 6. The van der Waals surface area contributed by atoms with Crippen LogP contribution in [-0.2, 0) is 14.0 Å². The average molecular weight is 446 g/mol. The van der Waals surface area contributed by atoms with Gasteiger partial charge in [0.2, 0.25) is 0 Å². The highest BCUT2D eigenvalue weighted by atomic mass is 32.2. The van der Waals surface area contributed by atoms with E-state index in [1.165, 1.54) is 22.1 Å². The summed E-state index contributed by atoms with van der Waals surface area (Å²) in [6.45, 7) is 5.68. The Morgan fingerprint density at radius 1 is 0.806 bits per heavy atom. The summed E-state index contributed by atoms with van der Waals surface area (Å²) in [6.07, 6.45) is 4.30. The summed E-state index contributed by atoms with van der Waals surface area (Å²) in [7, 11) is 3.25. The molecule has 2 heterocycles. The molecule has 2 aliphatic rings. The molecule has 0 fully saturated rings. The standard InChI is InChI=1S/2C9H12BNO.C2H6O.C2H6S.CH4/c2*1-10-8-5-3-2-4-7(8)9(6-11)12-10;2*1-3-2;/h2*2-5,9H,6,11H2,1H3;2*1-2H3;1H4. The lowest BCUT2D eigenvalue weighted by Crippen LogP contribution is -2.23. The molecule has 0 amide bonds. The number of nitrogens with two attached hydrogens (primary N) is 2. The summed E-state index contributed by atoms with van der Waals surface area (Å²) in [5, 5.41) is 0. The Bertz CT molecular complexity index is 678. The van der Waals surface area contributed by atoms with Gasteiger partial charge in [0.15, 0.2) is 0 Å². The highest BCUT2D eigenvalue weighted by molar-refractivity contribution is 7.97. The van der Waals surface area contributed by atoms with Crippen LogP contribution < -0.4 is 22.4 Å². The number of thioether (sulfide) groups is 1. The van der Waals surface area contributed by atoms with Crippen molar-refractivity contribution in [3.05, 3.63) is 59.7 Å². The highest BCUT2D eigenvalue weighted by Crippen LogP contribution is 2.23. The van der Waals surface area contributed by atoms with Crippen molar-refractivity contribution in [2.45, 2.75) is 33.3 Å². The van der Waals surface area contributed by atoms with Crippen LogP contribution in [-0.4, -0.2) is 53.7 Å². The molecular formula is C23H40B2N2O3S. The van der Waals surface area contributed by atoms with Crippen LogP contribution in [0.25, 0.3) is 0 Å². The fourth-order valence-corrected chi connectivity index (χ4v) is 3.50. The van der Waals surface area contributed by atoms with Crippen molar-refractivity contribution in [2.24, 2.45) is 11.5 Å². The maximum absolute atomic E-state index is 5.66. The number of fused-ring (bicyclic) bond motifs is 2. The van der Waals surface area contributed by atoms with E-state index in [0.717, 1.165) is 0 Å². The van der Waals surface area contributed by atoms with E-state index in [-0.39, 0.29) is 33.5 Å². The summed E-state index contributed by atoms with van der Waals surface area (Å²) < 4.78 is 15.6. The number of hydrogen-bond donors (Lipinski definition) is 2. The van der Waals surface area contributed by atoms with Crippen LogP contribution in [0, 0.1) is 0 Å². The Kier molecular flexibility index (Phi) is 15.7. The fourth-order valence-electron chi connectivity index (χ4n) is 3.50. The minimum atomic E-state index is 0. The molecule has 2 aromatic carbocycles. The van der Waals surface area contributed by atoms with E-state index in [4.69, 9.17) is 20.8 Å². The van der Waals surface area contributed by atoms with Crippen molar-refractivity contribution in [2.75, 3.05) is 39.8 Å². The zero-order valence-corrected chi connectivity index (χ0v) is 19.9. The van der Waals surface area contributed by atoms with Crippen LogP contribution in [0.1, 0.15) is 30.8 Å². The van der Waals surface area contributed by atoms with Gasteiger partial charge in [0.1, 0.15) is 0 Å². The maximum atomic E-state index is 5.66. The first kappa shape index (κ1) is 29.7. The van der Waals surface area contributed by atoms with E-state index in [0.29, 0.717) is 13.1 Å². The van der Waals surface area contributed by atoms with Crippen LogP contribution in [0.4, 0.5) is 0 Å². The first-order valence-electron chi connectivity index (χ1n) is 10.2. The molecule has 4 rings (SSSR count). The van der Waals surface area contributed by atoms with Gasteiger partial charge in [-0.25, -0.2) is 0 Å². The Balaban J connectivity index is 0.000000453. The van der Waals surface area contributed by atoms with Crippen LogP contribution >= 0.6 is 11.8 Å². The highest BCUT2D eigenvalue weighted by Gasteiger charge is 2.30. The predicted octanol–water partition coefficient (Wildman–Crippen LogP) is 2.97. The largest absolute Gasteiger partial charge is 0.423 e. The smallest absolute Gasteiger partial charge is 0.324 e. The molecule has 0 saturated heterocycles. The number of benzene rings is 2. The molecule has 0 bridgehead atoms. The topological polar surface area (TPSA) is 79.7 Å². The van der Waals surface area contributed by atoms with Crippen LogP contribution in [0.15, 0.2) is 48.5 Å². The zero-order chi connectivity index (χ0) is 22.5. The molecule has 0 radical (unpaired) electrons. The summed E-state index contributed by atoms with van der Waals surface area (Å²) in [4.78, 5) is 0. The van der Waals surface area contributed by atoms with E-state index in [1.807, 2.05) is 36.8 Å². The molecule has 5 nitrogen and oxygen atoms in total. The molecule has 0 spiro atoms. The molecule has 4 N–H and O–H groups in total. The van der Waals surface area contributed by atoms with Crippen molar-refractivity contribution in [1.29, 1.82) is 0 Å². The van der Waals surface area contributed by atoms with Crippen molar-refractivity contribution in [1.82, 2.24) is 0 Å². The second-order valence-electron chi connectivity index (χ2n) is 7.08. The minimum Gasteiger partial charge on any atom is -0.423 e. The number of methoxy groups -OCH3 is 1. The molecule has 2 atom stereocenters. The first-order valence-corrected chi connectivity index (χ1v) is 11.8. The van der Waals surface area contributed by atoms with Gasteiger partial charge < -0.3 is 25.5 Å². The monoisotopic (exact) mass is 446 g/mol. The number of ether oxygens (including phenoxy) is 1. The van der Waals surface area contributed by atoms with E-state index in [9.17, 15) is 0 Å². The Morgan fingerprint density at radius 3 is 1.39 bits per heavy atom. The second-order valence-corrected chi connectivity index (χ2v) is 7.90. The zero-order valence-electron chi connectivity index (χ0n) is 19.1. The predicted molar refractivity (Wildman–Crippen MR) is 140 cm³/mol. The molecule has 2 unspecified atom stereocenters. The normalized spacial score (nSPS) is 17.5. The molecule has 2 aromatic rings. The van der Waals surface area contributed by atoms with Gasteiger partial charge in [-0.15, -0.1) is 0 Å². The van der Waals surface area contributed by atoms with E-state index in [1.54, 1.807) is 26.0 Å². The quantitative estimate of drug-likeness (QED) is 0.691. The summed E-state index contributed by atoms with van der Waals surface area (Å²) in [6, 6.07) is 16.5. The third-order valence-electron chi connectivity index (χ3n) is 4.73. The van der Waals surface area contributed by atoms with Crippen LogP contribution in [0.2, 0.25) is 13.6 Å². The third kappa shape index (κ3) is 8.64. The second kappa shape index (κ2) is 16.4. The van der Waals surface area contributed by atoms with Crippen LogP contribution in [0.3, 0.4) is 0 Å². The number of rotatable bonds is 2. The molecule has 31 heavy (non-hydrogen) atoms. The van der Waals surface area contributed by atoms with Gasteiger partial charge in [-0.2, -0.15) is 11.8 Å². The Morgan fingerprint density at radius 2 is 1.10 bits per heavy atom. The van der Waals surface area contributed by atoms with Gasteiger partial charge in [-0.1, -0.05) is 69.6 Å². The lowest BCUT2D eigenvalue weighted by atomic mass is 9.64. The SMILES string of the molecule is C.CB1OC(CN)c2ccccc21.CB1OC(CN)c2ccccc21.COC.CSC. The average Bonchev–Trinajstić information content (AvgIpc) is 3.27.